The van der Waals surface area contributed by atoms with Gasteiger partial charge in [-0.15, -0.1) is 0 Å². The lowest BCUT2D eigenvalue weighted by atomic mass is 9.85. The van der Waals surface area contributed by atoms with Gasteiger partial charge in [0.2, 0.25) is 5.91 Å². The van der Waals surface area contributed by atoms with Crippen LogP contribution in [-0.2, 0) is 4.79 Å². The number of hydrogen-bond acceptors (Lipinski definition) is 2. The van der Waals surface area contributed by atoms with Crippen molar-refractivity contribution in [1.29, 1.82) is 0 Å². The molecule has 0 saturated carbocycles. The highest BCUT2D eigenvalue weighted by Crippen LogP contribution is 2.28. The summed E-state index contributed by atoms with van der Waals surface area (Å²) in [5.41, 5.74) is 5.22. The van der Waals surface area contributed by atoms with Crippen molar-refractivity contribution in [1.82, 2.24) is 5.32 Å². The quantitative estimate of drug-likeness (QED) is 0.602. The van der Waals surface area contributed by atoms with Crippen molar-refractivity contribution in [2.75, 3.05) is 6.54 Å². The SMILES string of the molecule is CCC1(C)NCCC1C(N)=O. The number of rotatable bonds is 2. The van der Waals surface area contributed by atoms with Gasteiger partial charge < -0.3 is 11.1 Å². The van der Waals surface area contributed by atoms with E-state index >= 15 is 0 Å². The Morgan fingerprint density at radius 2 is 2.45 bits per heavy atom. The first-order chi connectivity index (χ1) is 5.10. The zero-order chi connectivity index (χ0) is 8.48. The third kappa shape index (κ3) is 1.38. The Bertz CT molecular complexity index is 169. The molecule has 1 heterocycles. The Morgan fingerprint density at radius 3 is 2.82 bits per heavy atom. The maximum atomic E-state index is 11.0. The van der Waals surface area contributed by atoms with Crippen LogP contribution in [0.5, 0.6) is 0 Å². The molecule has 1 saturated heterocycles. The van der Waals surface area contributed by atoms with Crippen LogP contribution in [0.25, 0.3) is 0 Å². The second-order valence-corrected chi connectivity index (χ2v) is 3.44. The highest BCUT2D eigenvalue weighted by molar-refractivity contribution is 5.78. The molecule has 0 aromatic rings. The summed E-state index contributed by atoms with van der Waals surface area (Å²) in [5, 5.41) is 3.31. The van der Waals surface area contributed by atoms with E-state index in [-0.39, 0.29) is 17.4 Å². The molecule has 0 spiro atoms. The molecule has 0 aliphatic carbocycles. The van der Waals surface area contributed by atoms with Crippen molar-refractivity contribution in [3.05, 3.63) is 0 Å². The second kappa shape index (κ2) is 2.81. The van der Waals surface area contributed by atoms with E-state index in [1.165, 1.54) is 0 Å². The Hall–Kier alpha value is -0.570. The minimum absolute atomic E-state index is 0.0208. The van der Waals surface area contributed by atoms with Crippen LogP contribution in [0.3, 0.4) is 0 Å². The molecule has 3 heteroatoms. The van der Waals surface area contributed by atoms with Crippen molar-refractivity contribution < 1.29 is 4.79 Å². The number of nitrogens with one attached hydrogen (secondary N) is 1. The molecule has 1 aliphatic heterocycles. The first-order valence-corrected chi connectivity index (χ1v) is 4.14. The zero-order valence-corrected chi connectivity index (χ0v) is 7.18. The van der Waals surface area contributed by atoms with Gasteiger partial charge in [-0.25, -0.2) is 0 Å². The third-order valence-electron chi connectivity index (χ3n) is 2.81. The predicted octanol–water partition coefficient (Wildman–Crippen LogP) is 0.250. The molecule has 2 atom stereocenters. The average Bonchev–Trinajstić information content (AvgIpc) is 2.32. The van der Waals surface area contributed by atoms with Gasteiger partial charge in [-0.1, -0.05) is 6.92 Å². The van der Waals surface area contributed by atoms with Crippen molar-refractivity contribution in [2.24, 2.45) is 11.7 Å². The molecule has 1 aliphatic rings. The van der Waals surface area contributed by atoms with Gasteiger partial charge in [0.25, 0.3) is 0 Å². The van der Waals surface area contributed by atoms with E-state index in [4.69, 9.17) is 5.73 Å². The van der Waals surface area contributed by atoms with Crippen molar-refractivity contribution in [3.63, 3.8) is 0 Å². The minimum Gasteiger partial charge on any atom is -0.369 e. The van der Waals surface area contributed by atoms with Crippen LogP contribution < -0.4 is 11.1 Å². The van der Waals surface area contributed by atoms with Gasteiger partial charge in [0.15, 0.2) is 0 Å². The smallest absolute Gasteiger partial charge is 0.222 e. The molecule has 0 aromatic heterocycles. The average molecular weight is 156 g/mol. The fraction of sp³-hybridized carbons (Fsp3) is 0.875. The summed E-state index contributed by atoms with van der Waals surface area (Å²) in [6.07, 6.45) is 1.85. The van der Waals surface area contributed by atoms with Crippen LogP contribution in [0.4, 0.5) is 0 Å². The van der Waals surface area contributed by atoms with Gasteiger partial charge in [0, 0.05) is 5.54 Å². The number of primary amides is 1. The van der Waals surface area contributed by atoms with Crippen LogP contribution in [-0.4, -0.2) is 18.0 Å². The first-order valence-electron chi connectivity index (χ1n) is 4.14. The van der Waals surface area contributed by atoms with Gasteiger partial charge in [-0.05, 0) is 26.3 Å². The molecular formula is C8H16N2O. The molecule has 3 nitrogen and oxygen atoms in total. The van der Waals surface area contributed by atoms with Crippen molar-refractivity contribution in [2.45, 2.75) is 32.2 Å². The molecule has 1 rings (SSSR count). The summed E-state index contributed by atoms with van der Waals surface area (Å²) < 4.78 is 0. The number of hydrogen-bond donors (Lipinski definition) is 2. The molecular weight excluding hydrogens is 140 g/mol. The summed E-state index contributed by atoms with van der Waals surface area (Å²) in [7, 11) is 0. The standard InChI is InChI=1S/C8H16N2O/c1-3-8(2)6(7(9)11)4-5-10-8/h6,10H,3-5H2,1-2H3,(H2,9,11). The molecule has 2 unspecified atom stereocenters. The second-order valence-electron chi connectivity index (χ2n) is 3.44. The summed E-state index contributed by atoms with van der Waals surface area (Å²) in [4.78, 5) is 11.0. The van der Waals surface area contributed by atoms with E-state index in [0.717, 1.165) is 19.4 Å². The number of nitrogens with two attached hydrogens (primary N) is 1. The van der Waals surface area contributed by atoms with Crippen LogP contribution in [0.1, 0.15) is 26.7 Å². The maximum absolute atomic E-state index is 11.0. The van der Waals surface area contributed by atoms with Crippen LogP contribution in [0.2, 0.25) is 0 Å². The largest absolute Gasteiger partial charge is 0.369 e. The predicted molar refractivity (Wildman–Crippen MR) is 44.0 cm³/mol. The lowest BCUT2D eigenvalue weighted by Gasteiger charge is -2.28. The highest BCUT2D eigenvalue weighted by atomic mass is 16.1. The van der Waals surface area contributed by atoms with Gasteiger partial charge >= 0.3 is 0 Å². The van der Waals surface area contributed by atoms with Gasteiger partial charge in [-0.3, -0.25) is 4.79 Å². The summed E-state index contributed by atoms with van der Waals surface area (Å²) in [5.74, 6) is -0.146. The molecule has 1 amide bonds. The molecule has 64 valence electrons. The van der Waals surface area contributed by atoms with Gasteiger partial charge in [-0.2, -0.15) is 0 Å². The zero-order valence-electron chi connectivity index (χ0n) is 7.18. The van der Waals surface area contributed by atoms with E-state index in [0.29, 0.717) is 0 Å². The lowest BCUT2D eigenvalue weighted by molar-refractivity contribution is -0.123. The monoisotopic (exact) mass is 156 g/mol. The third-order valence-corrected chi connectivity index (χ3v) is 2.81. The summed E-state index contributed by atoms with van der Waals surface area (Å²) >= 11 is 0. The van der Waals surface area contributed by atoms with E-state index in [2.05, 4.69) is 19.2 Å². The number of carbonyl (C=O) groups is 1. The van der Waals surface area contributed by atoms with E-state index in [9.17, 15) is 4.79 Å². The molecule has 11 heavy (non-hydrogen) atoms. The molecule has 0 bridgehead atoms. The van der Waals surface area contributed by atoms with Gasteiger partial charge in [0.1, 0.15) is 0 Å². The Labute approximate surface area is 67.3 Å². The van der Waals surface area contributed by atoms with Crippen LogP contribution >= 0.6 is 0 Å². The fourth-order valence-corrected chi connectivity index (χ4v) is 1.77. The van der Waals surface area contributed by atoms with Crippen molar-refractivity contribution in [3.8, 4) is 0 Å². The minimum atomic E-state index is -0.167. The topological polar surface area (TPSA) is 55.1 Å². The van der Waals surface area contributed by atoms with Crippen LogP contribution in [0, 0.1) is 5.92 Å². The number of carbonyl (C=O) groups excluding carboxylic acids is 1. The van der Waals surface area contributed by atoms with Crippen LogP contribution in [0.15, 0.2) is 0 Å². The summed E-state index contributed by atoms with van der Waals surface area (Å²) in [6.45, 7) is 5.06. The number of amides is 1. The normalized spacial score (nSPS) is 37.5. The highest BCUT2D eigenvalue weighted by Gasteiger charge is 2.40. The lowest BCUT2D eigenvalue weighted by Crippen LogP contribution is -2.46. The Kier molecular flexibility index (Phi) is 2.18. The van der Waals surface area contributed by atoms with Crippen molar-refractivity contribution >= 4 is 5.91 Å². The Morgan fingerprint density at radius 1 is 1.82 bits per heavy atom. The Balaban J connectivity index is 2.72. The molecule has 0 radical (unpaired) electrons. The first kappa shape index (κ1) is 8.53. The molecule has 0 aromatic carbocycles. The van der Waals surface area contributed by atoms with E-state index in [1.54, 1.807) is 0 Å². The van der Waals surface area contributed by atoms with E-state index < -0.39 is 0 Å². The molecule has 3 N–H and O–H groups in total. The van der Waals surface area contributed by atoms with E-state index in [1.807, 2.05) is 0 Å². The summed E-state index contributed by atoms with van der Waals surface area (Å²) in [6, 6.07) is 0. The fourth-order valence-electron chi connectivity index (χ4n) is 1.77. The molecule has 1 fully saturated rings. The van der Waals surface area contributed by atoms with Gasteiger partial charge in [0.05, 0.1) is 5.92 Å². The maximum Gasteiger partial charge on any atom is 0.222 e.